The Balaban J connectivity index is 2.34. The molecule has 5 nitrogen and oxygen atoms in total. The summed E-state index contributed by atoms with van der Waals surface area (Å²) in [6.07, 6.45) is 1.97. The largest absolute Gasteiger partial charge is 0.397 e. The second-order valence-electron chi connectivity index (χ2n) is 4.47. The minimum atomic E-state index is -0.161. The van der Waals surface area contributed by atoms with Crippen LogP contribution in [0.2, 0.25) is 0 Å². The second kappa shape index (κ2) is 5.93. The highest BCUT2D eigenvalue weighted by atomic mass is 16.2. The number of rotatable bonds is 4. The van der Waals surface area contributed by atoms with Crippen LogP contribution in [-0.4, -0.2) is 17.0 Å². The molecule has 0 saturated carbocycles. The van der Waals surface area contributed by atoms with Crippen LogP contribution in [0.1, 0.15) is 16.9 Å². The summed E-state index contributed by atoms with van der Waals surface area (Å²) in [7, 11) is 1.77. The molecule has 0 aliphatic carbocycles. The molecule has 1 amide bonds. The lowest BCUT2D eigenvalue weighted by molar-refractivity contribution is 0.0979. The molecule has 1 aromatic carbocycles. The van der Waals surface area contributed by atoms with Gasteiger partial charge in [0.15, 0.2) is 0 Å². The van der Waals surface area contributed by atoms with Crippen LogP contribution in [0.25, 0.3) is 0 Å². The summed E-state index contributed by atoms with van der Waals surface area (Å²) < 4.78 is 1.69. The van der Waals surface area contributed by atoms with Gasteiger partial charge in [0.1, 0.15) is 5.69 Å². The van der Waals surface area contributed by atoms with Crippen LogP contribution in [0.15, 0.2) is 42.6 Å². The Kier molecular flexibility index (Phi) is 4.06. The van der Waals surface area contributed by atoms with Crippen LogP contribution >= 0.6 is 0 Å². The average molecular weight is 268 g/mol. The average Bonchev–Trinajstić information content (AvgIpc) is 2.79. The van der Waals surface area contributed by atoms with Crippen LogP contribution in [0.4, 0.5) is 11.4 Å². The standard InChI is InChI=1S/C15H16N4O/c1-18-11-12(17)10-14(18)15(20)19(9-5-8-16)13-6-3-2-4-7-13/h2-4,6-7,10-11H,5,9,17H2,1H3. The summed E-state index contributed by atoms with van der Waals surface area (Å²) in [6.45, 7) is 0.352. The minimum absolute atomic E-state index is 0.161. The van der Waals surface area contributed by atoms with E-state index in [1.807, 2.05) is 30.3 Å². The van der Waals surface area contributed by atoms with Gasteiger partial charge in [0.25, 0.3) is 5.91 Å². The molecule has 0 aliphatic heterocycles. The fourth-order valence-corrected chi connectivity index (χ4v) is 2.06. The number of nitrogens with two attached hydrogens (primary N) is 1. The van der Waals surface area contributed by atoms with Gasteiger partial charge in [-0.25, -0.2) is 0 Å². The van der Waals surface area contributed by atoms with Crippen molar-refractivity contribution in [3.63, 3.8) is 0 Å². The predicted octanol–water partition coefficient (Wildman–Crippen LogP) is 2.17. The fraction of sp³-hybridized carbons (Fsp3) is 0.200. The fourth-order valence-electron chi connectivity index (χ4n) is 2.06. The first-order chi connectivity index (χ1) is 9.63. The first-order valence-electron chi connectivity index (χ1n) is 6.29. The summed E-state index contributed by atoms with van der Waals surface area (Å²) in [5.74, 6) is -0.161. The normalized spacial score (nSPS) is 10.0. The first-order valence-corrected chi connectivity index (χ1v) is 6.29. The number of aryl methyl sites for hydroxylation is 1. The van der Waals surface area contributed by atoms with Crippen molar-refractivity contribution in [3.05, 3.63) is 48.3 Å². The van der Waals surface area contributed by atoms with Crippen molar-refractivity contribution in [1.29, 1.82) is 5.26 Å². The highest BCUT2D eigenvalue weighted by Crippen LogP contribution is 2.19. The third-order valence-corrected chi connectivity index (χ3v) is 3.01. The molecule has 2 N–H and O–H groups in total. The lowest BCUT2D eigenvalue weighted by Gasteiger charge is -2.21. The summed E-state index contributed by atoms with van der Waals surface area (Å²) in [5, 5.41) is 8.76. The van der Waals surface area contributed by atoms with E-state index in [1.54, 1.807) is 28.8 Å². The summed E-state index contributed by atoms with van der Waals surface area (Å²) in [5.41, 5.74) is 7.53. The van der Waals surface area contributed by atoms with E-state index >= 15 is 0 Å². The van der Waals surface area contributed by atoms with Crippen LogP contribution in [0, 0.1) is 11.3 Å². The molecular weight excluding hydrogens is 252 g/mol. The number of aromatic nitrogens is 1. The molecule has 0 unspecified atom stereocenters. The van der Waals surface area contributed by atoms with Crippen LogP contribution < -0.4 is 10.6 Å². The van der Waals surface area contributed by atoms with Gasteiger partial charge in [-0.1, -0.05) is 18.2 Å². The van der Waals surface area contributed by atoms with Crippen molar-refractivity contribution in [1.82, 2.24) is 4.57 Å². The number of hydrogen-bond acceptors (Lipinski definition) is 3. The second-order valence-corrected chi connectivity index (χ2v) is 4.47. The summed E-state index contributed by atoms with van der Waals surface area (Å²) in [4.78, 5) is 14.2. The Morgan fingerprint density at radius 3 is 2.65 bits per heavy atom. The molecule has 1 aromatic heterocycles. The molecule has 0 spiro atoms. The highest BCUT2D eigenvalue weighted by molar-refractivity contribution is 6.05. The van der Waals surface area contributed by atoms with Gasteiger partial charge in [-0.05, 0) is 18.2 Å². The van der Waals surface area contributed by atoms with E-state index < -0.39 is 0 Å². The molecule has 2 rings (SSSR count). The Morgan fingerprint density at radius 1 is 1.40 bits per heavy atom. The topological polar surface area (TPSA) is 75.0 Å². The number of amides is 1. The molecular formula is C15H16N4O. The number of benzene rings is 1. The smallest absolute Gasteiger partial charge is 0.274 e. The highest BCUT2D eigenvalue weighted by Gasteiger charge is 2.20. The number of carbonyl (C=O) groups is 1. The number of para-hydroxylation sites is 1. The summed E-state index contributed by atoms with van der Waals surface area (Å²) in [6, 6.07) is 13.0. The molecule has 5 heteroatoms. The number of nitrogen functional groups attached to an aromatic ring is 1. The van der Waals surface area contributed by atoms with E-state index in [0.29, 0.717) is 17.9 Å². The van der Waals surface area contributed by atoms with Crippen molar-refractivity contribution >= 4 is 17.3 Å². The zero-order chi connectivity index (χ0) is 14.5. The SMILES string of the molecule is Cn1cc(N)cc1C(=O)N(CCC#N)c1ccccc1. The zero-order valence-corrected chi connectivity index (χ0v) is 11.3. The predicted molar refractivity (Wildman–Crippen MR) is 78.2 cm³/mol. The Bertz CT molecular complexity index is 640. The van der Waals surface area contributed by atoms with Gasteiger partial charge in [-0.3, -0.25) is 4.79 Å². The van der Waals surface area contributed by atoms with Crippen LogP contribution in [0.5, 0.6) is 0 Å². The van der Waals surface area contributed by atoms with Crippen LogP contribution in [0.3, 0.4) is 0 Å². The van der Waals surface area contributed by atoms with E-state index in [4.69, 9.17) is 11.0 Å². The molecule has 0 saturated heterocycles. The molecule has 1 heterocycles. The minimum Gasteiger partial charge on any atom is -0.397 e. The molecule has 0 bridgehead atoms. The van der Waals surface area contributed by atoms with Crippen molar-refractivity contribution in [2.75, 3.05) is 17.2 Å². The maximum absolute atomic E-state index is 12.6. The Morgan fingerprint density at radius 2 is 2.10 bits per heavy atom. The maximum Gasteiger partial charge on any atom is 0.274 e. The van der Waals surface area contributed by atoms with Crippen molar-refractivity contribution in [3.8, 4) is 6.07 Å². The van der Waals surface area contributed by atoms with E-state index in [2.05, 4.69) is 6.07 Å². The lowest BCUT2D eigenvalue weighted by atomic mass is 10.2. The number of hydrogen-bond donors (Lipinski definition) is 1. The van der Waals surface area contributed by atoms with Gasteiger partial charge in [-0.2, -0.15) is 5.26 Å². The molecule has 0 atom stereocenters. The van der Waals surface area contributed by atoms with Gasteiger partial charge in [0, 0.05) is 25.5 Å². The van der Waals surface area contributed by atoms with Gasteiger partial charge in [0.2, 0.25) is 0 Å². The van der Waals surface area contributed by atoms with E-state index in [9.17, 15) is 4.79 Å². The quantitative estimate of drug-likeness (QED) is 0.923. The molecule has 0 radical (unpaired) electrons. The van der Waals surface area contributed by atoms with Gasteiger partial charge >= 0.3 is 0 Å². The molecule has 0 aliphatic rings. The van der Waals surface area contributed by atoms with E-state index in [0.717, 1.165) is 5.69 Å². The number of nitriles is 1. The van der Waals surface area contributed by atoms with Gasteiger partial charge in [0.05, 0.1) is 18.2 Å². The van der Waals surface area contributed by atoms with Crippen molar-refractivity contribution in [2.45, 2.75) is 6.42 Å². The zero-order valence-electron chi connectivity index (χ0n) is 11.3. The number of nitrogens with zero attached hydrogens (tertiary/aromatic N) is 3. The van der Waals surface area contributed by atoms with E-state index in [1.165, 1.54) is 0 Å². The van der Waals surface area contributed by atoms with Crippen molar-refractivity contribution in [2.24, 2.45) is 7.05 Å². The van der Waals surface area contributed by atoms with Gasteiger partial charge in [-0.15, -0.1) is 0 Å². The number of anilines is 2. The lowest BCUT2D eigenvalue weighted by Crippen LogP contribution is -2.33. The summed E-state index contributed by atoms with van der Waals surface area (Å²) >= 11 is 0. The Labute approximate surface area is 117 Å². The number of carbonyl (C=O) groups excluding carboxylic acids is 1. The van der Waals surface area contributed by atoms with Crippen LogP contribution in [-0.2, 0) is 7.05 Å². The van der Waals surface area contributed by atoms with E-state index in [-0.39, 0.29) is 12.3 Å². The molecule has 0 fully saturated rings. The molecule has 20 heavy (non-hydrogen) atoms. The maximum atomic E-state index is 12.6. The molecule has 102 valence electrons. The van der Waals surface area contributed by atoms with Gasteiger partial charge < -0.3 is 15.2 Å². The first kappa shape index (κ1) is 13.7. The third-order valence-electron chi connectivity index (χ3n) is 3.01. The third kappa shape index (κ3) is 2.81. The Hall–Kier alpha value is -2.74. The molecule has 2 aromatic rings. The monoisotopic (exact) mass is 268 g/mol. The van der Waals surface area contributed by atoms with Crippen molar-refractivity contribution < 1.29 is 4.79 Å².